The van der Waals surface area contributed by atoms with Crippen LogP contribution in [0.3, 0.4) is 0 Å². The Morgan fingerprint density at radius 3 is 2.62 bits per heavy atom. The molecule has 0 aliphatic rings. The molecule has 0 saturated heterocycles. The van der Waals surface area contributed by atoms with Crippen molar-refractivity contribution < 1.29 is 9.90 Å². The van der Waals surface area contributed by atoms with Crippen LogP contribution in [0.25, 0.3) is 10.9 Å². The van der Waals surface area contributed by atoms with Gasteiger partial charge in [0.1, 0.15) is 5.82 Å². The van der Waals surface area contributed by atoms with Gasteiger partial charge in [-0.2, -0.15) is 0 Å². The monoisotopic (exact) mass is 298 g/mol. The van der Waals surface area contributed by atoms with Crippen molar-refractivity contribution in [2.75, 3.05) is 5.32 Å². The number of carboxylic acids is 1. The molecule has 0 aliphatic carbocycles. The number of anilines is 2. The van der Waals surface area contributed by atoms with E-state index in [9.17, 15) is 4.79 Å². The third kappa shape index (κ3) is 2.66. The average Bonchev–Trinajstić information content (AvgIpc) is 2.48. The summed E-state index contributed by atoms with van der Waals surface area (Å²) in [5.74, 6) is -0.354. The topological polar surface area (TPSA) is 62.2 Å². The number of para-hydroxylation sites is 1. The first-order chi connectivity index (χ1) is 10.1. The molecule has 0 unspecified atom stereocenters. The van der Waals surface area contributed by atoms with Crippen LogP contribution in [0.15, 0.2) is 54.6 Å². The molecule has 3 rings (SSSR count). The summed E-state index contributed by atoms with van der Waals surface area (Å²) in [5, 5.41) is 13.5. The zero-order chi connectivity index (χ0) is 14.8. The van der Waals surface area contributed by atoms with Gasteiger partial charge < -0.3 is 10.4 Å². The fourth-order valence-corrected chi connectivity index (χ4v) is 2.29. The van der Waals surface area contributed by atoms with E-state index in [1.807, 2.05) is 18.2 Å². The molecule has 0 atom stereocenters. The Hall–Kier alpha value is -2.59. The number of carbonyl (C=O) groups is 1. The summed E-state index contributed by atoms with van der Waals surface area (Å²) in [4.78, 5) is 15.6. The maximum absolute atomic E-state index is 11.2. The highest BCUT2D eigenvalue weighted by Gasteiger charge is 2.09. The Morgan fingerprint density at radius 1 is 1.05 bits per heavy atom. The van der Waals surface area contributed by atoms with E-state index in [2.05, 4.69) is 10.3 Å². The van der Waals surface area contributed by atoms with Gasteiger partial charge in [-0.1, -0.05) is 29.8 Å². The first kappa shape index (κ1) is 13.4. The van der Waals surface area contributed by atoms with Crippen molar-refractivity contribution in [2.45, 2.75) is 0 Å². The van der Waals surface area contributed by atoms with Crippen molar-refractivity contribution in [1.29, 1.82) is 0 Å². The molecular weight excluding hydrogens is 288 g/mol. The molecule has 3 aromatic rings. The lowest BCUT2D eigenvalue weighted by Crippen LogP contribution is -1.99. The van der Waals surface area contributed by atoms with Crippen LogP contribution in [0.1, 0.15) is 10.4 Å². The second-order valence-corrected chi connectivity index (χ2v) is 4.89. The van der Waals surface area contributed by atoms with Crippen LogP contribution in [-0.4, -0.2) is 16.1 Å². The van der Waals surface area contributed by atoms with Crippen molar-refractivity contribution in [3.63, 3.8) is 0 Å². The Kier molecular flexibility index (Phi) is 3.46. The van der Waals surface area contributed by atoms with Crippen molar-refractivity contribution in [3.05, 3.63) is 65.2 Å². The van der Waals surface area contributed by atoms with Gasteiger partial charge in [-0.05, 0) is 36.4 Å². The van der Waals surface area contributed by atoms with E-state index in [0.717, 1.165) is 5.69 Å². The van der Waals surface area contributed by atoms with Gasteiger partial charge in [0.25, 0.3) is 0 Å². The predicted molar refractivity (Wildman–Crippen MR) is 83.4 cm³/mol. The van der Waals surface area contributed by atoms with Crippen molar-refractivity contribution >= 4 is 40.0 Å². The molecular formula is C16H11ClN2O2. The summed E-state index contributed by atoms with van der Waals surface area (Å²) < 4.78 is 0. The number of rotatable bonds is 3. The minimum Gasteiger partial charge on any atom is -0.478 e. The van der Waals surface area contributed by atoms with Crippen LogP contribution in [-0.2, 0) is 0 Å². The lowest BCUT2D eigenvalue weighted by atomic mass is 10.1. The number of halogens is 1. The van der Waals surface area contributed by atoms with E-state index < -0.39 is 5.97 Å². The maximum Gasteiger partial charge on any atom is 0.336 e. The lowest BCUT2D eigenvalue weighted by Gasteiger charge is -2.09. The molecule has 0 spiro atoms. The van der Waals surface area contributed by atoms with E-state index in [1.165, 1.54) is 0 Å². The Labute approximate surface area is 126 Å². The summed E-state index contributed by atoms with van der Waals surface area (Å²) in [6.45, 7) is 0. The summed E-state index contributed by atoms with van der Waals surface area (Å²) in [6, 6.07) is 15.8. The standard InChI is InChI=1S/C16H11ClN2O2/c17-12-5-1-2-6-14(12)19-15-9-8-10-11(16(20)21)4-3-7-13(10)18-15/h1-9H,(H,18,19)(H,20,21). The molecule has 0 bridgehead atoms. The van der Waals surface area contributed by atoms with Gasteiger partial charge in [0.2, 0.25) is 0 Å². The van der Waals surface area contributed by atoms with Crippen LogP contribution >= 0.6 is 11.6 Å². The first-order valence-corrected chi connectivity index (χ1v) is 6.67. The maximum atomic E-state index is 11.2. The highest BCUT2D eigenvalue weighted by Crippen LogP contribution is 2.26. The zero-order valence-electron chi connectivity index (χ0n) is 10.9. The zero-order valence-corrected chi connectivity index (χ0v) is 11.6. The molecule has 104 valence electrons. The SMILES string of the molecule is O=C(O)c1cccc2nc(Nc3ccccc3Cl)ccc12. The van der Waals surface area contributed by atoms with Gasteiger partial charge in [0.05, 0.1) is 21.8 Å². The molecule has 2 N–H and O–H groups in total. The molecule has 0 amide bonds. The summed E-state index contributed by atoms with van der Waals surface area (Å²) >= 11 is 6.09. The highest BCUT2D eigenvalue weighted by molar-refractivity contribution is 6.33. The van der Waals surface area contributed by atoms with Gasteiger partial charge >= 0.3 is 5.97 Å². The highest BCUT2D eigenvalue weighted by atomic mass is 35.5. The third-order valence-corrected chi connectivity index (χ3v) is 3.43. The molecule has 4 nitrogen and oxygen atoms in total. The lowest BCUT2D eigenvalue weighted by molar-refractivity contribution is 0.0699. The molecule has 2 aromatic carbocycles. The van der Waals surface area contributed by atoms with Gasteiger partial charge in [-0.3, -0.25) is 0 Å². The van der Waals surface area contributed by atoms with Gasteiger partial charge in [-0.15, -0.1) is 0 Å². The van der Waals surface area contributed by atoms with Crippen LogP contribution in [0, 0.1) is 0 Å². The Balaban J connectivity index is 2.03. The third-order valence-electron chi connectivity index (χ3n) is 3.10. The number of hydrogen-bond acceptors (Lipinski definition) is 3. The summed E-state index contributed by atoms with van der Waals surface area (Å²) in [5.41, 5.74) is 1.61. The van der Waals surface area contributed by atoms with E-state index in [4.69, 9.17) is 16.7 Å². The van der Waals surface area contributed by atoms with Crippen LogP contribution in [0.4, 0.5) is 11.5 Å². The molecule has 0 saturated carbocycles. The molecule has 0 fully saturated rings. The molecule has 1 aromatic heterocycles. The number of aromatic carboxylic acids is 1. The number of benzene rings is 2. The van der Waals surface area contributed by atoms with Gasteiger partial charge in [0.15, 0.2) is 0 Å². The number of nitrogens with one attached hydrogen (secondary N) is 1. The summed E-state index contributed by atoms with van der Waals surface area (Å²) in [7, 11) is 0. The van der Waals surface area contributed by atoms with Crippen molar-refractivity contribution in [1.82, 2.24) is 4.98 Å². The van der Waals surface area contributed by atoms with E-state index >= 15 is 0 Å². The van der Waals surface area contributed by atoms with Gasteiger partial charge in [0, 0.05) is 5.39 Å². The second-order valence-electron chi connectivity index (χ2n) is 4.48. The quantitative estimate of drug-likeness (QED) is 0.755. The number of carboxylic acid groups (broad SMARTS) is 1. The van der Waals surface area contributed by atoms with Crippen molar-refractivity contribution in [2.24, 2.45) is 0 Å². The van der Waals surface area contributed by atoms with Crippen LogP contribution in [0.5, 0.6) is 0 Å². The second kappa shape index (κ2) is 5.42. The number of pyridine rings is 1. The summed E-state index contributed by atoms with van der Waals surface area (Å²) in [6.07, 6.45) is 0. The number of fused-ring (bicyclic) bond motifs is 1. The minimum absolute atomic E-state index is 0.240. The van der Waals surface area contributed by atoms with Crippen molar-refractivity contribution in [3.8, 4) is 0 Å². The molecule has 21 heavy (non-hydrogen) atoms. The van der Waals surface area contributed by atoms with Gasteiger partial charge in [-0.25, -0.2) is 9.78 Å². The number of aromatic nitrogens is 1. The fourth-order valence-electron chi connectivity index (χ4n) is 2.11. The smallest absolute Gasteiger partial charge is 0.336 e. The average molecular weight is 299 g/mol. The van der Waals surface area contributed by atoms with E-state index in [0.29, 0.717) is 21.7 Å². The Morgan fingerprint density at radius 2 is 1.86 bits per heavy atom. The number of nitrogens with zero attached hydrogens (tertiary/aromatic N) is 1. The van der Waals surface area contributed by atoms with Crippen LogP contribution < -0.4 is 5.32 Å². The van der Waals surface area contributed by atoms with E-state index in [-0.39, 0.29) is 5.56 Å². The largest absolute Gasteiger partial charge is 0.478 e. The fraction of sp³-hybridized carbons (Fsp3) is 0. The van der Waals surface area contributed by atoms with Crippen LogP contribution in [0.2, 0.25) is 5.02 Å². The molecule has 5 heteroatoms. The first-order valence-electron chi connectivity index (χ1n) is 6.30. The molecule has 1 heterocycles. The molecule has 0 radical (unpaired) electrons. The van der Waals surface area contributed by atoms with E-state index in [1.54, 1.807) is 36.4 Å². The Bertz CT molecular complexity index is 833. The normalized spacial score (nSPS) is 10.5. The predicted octanol–water partition coefficient (Wildman–Crippen LogP) is 4.33. The number of hydrogen-bond donors (Lipinski definition) is 2. The minimum atomic E-state index is -0.964. The molecule has 0 aliphatic heterocycles.